The Morgan fingerprint density at radius 1 is 0.909 bits per heavy atom. The summed E-state index contributed by atoms with van der Waals surface area (Å²) in [5.41, 5.74) is 2.39. The van der Waals surface area contributed by atoms with Gasteiger partial charge in [0.25, 0.3) is 0 Å². The van der Waals surface area contributed by atoms with Crippen molar-refractivity contribution in [1.29, 1.82) is 0 Å². The zero-order valence-corrected chi connectivity index (χ0v) is 17.1. The van der Waals surface area contributed by atoms with Crippen LogP contribution < -0.4 is 5.32 Å². The molecular weight excluding hydrogens is 500 g/mol. The fraction of sp³-hybridized carbons (Fsp3) is 0.333. The fourth-order valence-electron chi connectivity index (χ4n) is 2.07. The third kappa shape index (κ3) is 5.79. The molecular formula is C18H21I2NO. The van der Waals surface area contributed by atoms with Gasteiger partial charge in [0.2, 0.25) is 0 Å². The van der Waals surface area contributed by atoms with Gasteiger partial charge in [-0.05, 0) is 47.6 Å². The molecule has 0 aliphatic carbocycles. The normalized spacial score (nSPS) is 14.5. The van der Waals surface area contributed by atoms with Crippen molar-refractivity contribution in [3.05, 3.63) is 71.8 Å². The number of hydrogen-bond acceptors (Lipinski definition) is 2. The van der Waals surface area contributed by atoms with E-state index >= 15 is 0 Å². The minimum absolute atomic E-state index is 0.0734. The average molecular weight is 521 g/mol. The molecule has 0 radical (unpaired) electrons. The van der Waals surface area contributed by atoms with Gasteiger partial charge >= 0.3 is 0 Å². The second-order valence-electron chi connectivity index (χ2n) is 5.84. The Bertz CT molecular complexity index is 560. The van der Waals surface area contributed by atoms with Gasteiger partial charge in [0, 0.05) is 5.54 Å². The predicted molar refractivity (Wildman–Crippen MR) is 110 cm³/mol. The molecule has 1 N–H and O–H groups in total. The largest absolute Gasteiger partial charge is 0.361 e. The van der Waals surface area contributed by atoms with E-state index in [2.05, 4.69) is 101 Å². The first-order valence-corrected chi connectivity index (χ1v) is 9.74. The molecule has 2 nitrogen and oxygen atoms in total. The molecule has 0 fully saturated rings. The van der Waals surface area contributed by atoms with E-state index in [0.29, 0.717) is 6.61 Å². The van der Waals surface area contributed by atoms with E-state index in [9.17, 15) is 0 Å². The Labute approximate surface area is 160 Å². The minimum atomic E-state index is -0.0973. The molecule has 0 saturated heterocycles. The van der Waals surface area contributed by atoms with Gasteiger partial charge < -0.3 is 4.74 Å². The zero-order chi connectivity index (χ0) is 16.0. The van der Waals surface area contributed by atoms with E-state index in [1.54, 1.807) is 0 Å². The van der Waals surface area contributed by atoms with Crippen LogP contribution in [0, 0.1) is 0 Å². The van der Waals surface area contributed by atoms with Crippen LogP contribution in [0.4, 0.5) is 0 Å². The molecule has 0 amide bonds. The molecule has 0 heterocycles. The molecule has 4 heteroatoms. The van der Waals surface area contributed by atoms with Gasteiger partial charge in [0.1, 0.15) is 4.11 Å². The van der Waals surface area contributed by atoms with Crippen molar-refractivity contribution in [2.24, 2.45) is 0 Å². The average Bonchev–Trinajstić information content (AvgIpc) is 2.54. The highest BCUT2D eigenvalue weighted by atomic mass is 127. The number of halogens is 2. The number of benzene rings is 2. The third-order valence-corrected chi connectivity index (χ3v) is 5.37. The van der Waals surface area contributed by atoms with Crippen molar-refractivity contribution in [2.75, 3.05) is 6.61 Å². The van der Waals surface area contributed by atoms with Crippen LogP contribution in [-0.4, -0.2) is 12.1 Å². The van der Waals surface area contributed by atoms with Gasteiger partial charge in [0.05, 0.1) is 10.7 Å². The maximum absolute atomic E-state index is 6.05. The van der Waals surface area contributed by atoms with E-state index in [1.807, 2.05) is 24.3 Å². The Hall–Kier alpha value is -0.180. The number of ether oxygens (including phenoxy) is 1. The van der Waals surface area contributed by atoms with Crippen molar-refractivity contribution in [3.63, 3.8) is 0 Å². The smallest absolute Gasteiger partial charge is 0.133 e. The molecule has 2 unspecified atom stereocenters. The van der Waals surface area contributed by atoms with E-state index in [0.717, 1.165) is 0 Å². The fourth-order valence-corrected chi connectivity index (χ4v) is 3.93. The first-order valence-electron chi connectivity index (χ1n) is 7.25. The topological polar surface area (TPSA) is 21.3 Å². The van der Waals surface area contributed by atoms with E-state index in [1.165, 1.54) is 11.1 Å². The first kappa shape index (κ1) is 18.2. The van der Waals surface area contributed by atoms with E-state index in [-0.39, 0.29) is 13.7 Å². The summed E-state index contributed by atoms with van der Waals surface area (Å²) >= 11 is 4.77. The highest BCUT2D eigenvalue weighted by Gasteiger charge is 2.23. The lowest BCUT2D eigenvalue weighted by Gasteiger charge is -2.30. The molecule has 22 heavy (non-hydrogen) atoms. The molecule has 2 rings (SSSR count). The second kappa shape index (κ2) is 8.61. The van der Waals surface area contributed by atoms with E-state index in [4.69, 9.17) is 4.74 Å². The quantitative estimate of drug-likeness (QED) is 0.290. The predicted octanol–water partition coefficient (Wildman–Crippen LogP) is 5.64. The molecule has 2 aromatic rings. The lowest BCUT2D eigenvalue weighted by Crippen LogP contribution is -2.44. The maximum Gasteiger partial charge on any atom is 0.133 e. The third-order valence-electron chi connectivity index (χ3n) is 3.26. The highest BCUT2D eigenvalue weighted by molar-refractivity contribution is 14.1. The molecule has 0 bridgehead atoms. The number of hydrogen-bond donors (Lipinski definition) is 1. The van der Waals surface area contributed by atoms with Crippen molar-refractivity contribution in [3.8, 4) is 0 Å². The van der Waals surface area contributed by atoms with Gasteiger partial charge in [-0.25, -0.2) is 0 Å². The second-order valence-corrected chi connectivity index (χ2v) is 8.22. The molecule has 0 spiro atoms. The SMILES string of the molecule is CC(C)(COC(I)c1ccccc1)NC(I)c1ccccc1. The summed E-state index contributed by atoms with van der Waals surface area (Å²) in [6, 6.07) is 20.8. The number of alkyl halides is 2. The standard InChI is InChI=1S/C18H21I2NO/c1-18(2,21-16(19)14-9-5-3-6-10-14)13-22-17(20)15-11-7-4-8-12-15/h3-12,16-17,21H,13H2,1-2H3. The number of nitrogens with one attached hydrogen (secondary N) is 1. The van der Waals surface area contributed by atoms with Crippen LogP contribution in [0.15, 0.2) is 60.7 Å². The highest BCUT2D eigenvalue weighted by Crippen LogP contribution is 2.27. The van der Waals surface area contributed by atoms with Crippen LogP contribution in [0.3, 0.4) is 0 Å². The summed E-state index contributed by atoms with van der Waals surface area (Å²) in [4.78, 5) is 0. The zero-order valence-electron chi connectivity index (χ0n) is 12.8. The van der Waals surface area contributed by atoms with Crippen molar-refractivity contribution >= 4 is 45.2 Å². The van der Waals surface area contributed by atoms with Gasteiger partial charge in [-0.2, -0.15) is 0 Å². The molecule has 0 aliphatic rings. The van der Waals surface area contributed by atoms with Gasteiger partial charge in [-0.15, -0.1) is 0 Å². The van der Waals surface area contributed by atoms with Gasteiger partial charge in [-0.3, -0.25) is 5.32 Å². The van der Waals surface area contributed by atoms with Crippen LogP contribution in [-0.2, 0) is 4.74 Å². The molecule has 118 valence electrons. The van der Waals surface area contributed by atoms with Crippen LogP contribution in [0.5, 0.6) is 0 Å². The summed E-state index contributed by atoms with van der Waals surface area (Å²) in [6.45, 7) is 5.01. The monoisotopic (exact) mass is 521 g/mol. The number of rotatable bonds is 7. The summed E-state index contributed by atoms with van der Waals surface area (Å²) in [7, 11) is 0. The summed E-state index contributed by atoms with van der Waals surface area (Å²) < 4.78 is 6.39. The Morgan fingerprint density at radius 3 is 1.95 bits per heavy atom. The van der Waals surface area contributed by atoms with Crippen molar-refractivity contribution < 1.29 is 4.74 Å². The van der Waals surface area contributed by atoms with E-state index < -0.39 is 0 Å². The van der Waals surface area contributed by atoms with Gasteiger partial charge in [-0.1, -0.05) is 83.3 Å². The summed E-state index contributed by atoms with van der Waals surface area (Å²) in [5, 5.41) is 3.64. The van der Waals surface area contributed by atoms with Crippen LogP contribution in [0.2, 0.25) is 0 Å². The van der Waals surface area contributed by atoms with Gasteiger partial charge in [0.15, 0.2) is 0 Å². The van der Waals surface area contributed by atoms with Crippen LogP contribution in [0.25, 0.3) is 0 Å². The molecule has 2 atom stereocenters. The van der Waals surface area contributed by atoms with Crippen LogP contribution >= 0.6 is 45.2 Å². The molecule has 2 aromatic carbocycles. The molecule has 0 aliphatic heterocycles. The van der Waals surface area contributed by atoms with Crippen molar-refractivity contribution in [2.45, 2.75) is 27.5 Å². The molecule has 0 aromatic heterocycles. The lowest BCUT2D eigenvalue weighted by atomic mass is 10.1. The molecule has 0 saturated carbocycles. The lowest BCUT2D eigenvalue weighted by molar-refractivity contribution is 0.0732. The first-order chi connectivity index (χ1) is 10.5. The minimum Gasteiger partial charge on any atom is -0.361 e. The Kier molecular flexibility index (Phi) is 7.11. The Morgan fingerprint density at radius 2 is 1.41 bits per heavy atom. The summed E-state index contributed by atoms with van der Waals surface area (Å²) in [6.07, 6.45) is 0. The maximum atomic E-state index is 6.05. The van der Waals surface area contributed by atoms with Crippen molar-refractivity contribution in [1.82, 2.24) is 5.32 Å². The Balaban J connectivity index is 1.88. The van der Waals surface area contributed by atoms with Crippen LogP contribution in [0.1, 0.15) is 33.1 Å². The summed E-state index contributed by atoms with van der Waals surface area (Å²) in [5.74, 6) is 0.